The zero-order chi connectivity index (χ0) is 28.3. The highest BCUT2D eigenvalue weighted by Gasteiger charge is 2.43. The molecule has 2 atom stereocenters. The van der Waals surface area contributed by atoms with Gasteiger partial charge in [-0.3, -0.25) is 4.79 Å². The molecule has 7 nitrogen and oxygen atoms in total. The smallest absolute Gasteiger partial charge is 0.336 e. The van der Waals surface area contributed by atoms with Gasteiger partial charge in [0.15, 0.2) is 17.3 Å². The molecule has 9 heteroatoms. The highest BCUT2D eigenvalue weighted by atomic mass is 35.5. The van der Waals surface area contributed by atoms with Crippen LogP contribution in [-0.2, 0) is 19.1 Å². The average molecular weight is 558 g/mol. The number of Topliss-reactive ketones (excluding diaryl/α,β-unsaturated/α-hetero) is 1. The second kappa shape index (κ2) is 12.2. The lowest BCUT2D eigenvalue weighted by atomic mass is 9.71. The Balaban J connectivity index is 1.73. The quantitative estimate of drug-likeness (QED) is 0.307. The number of carbonyl (C=O) groups is 2. The lowest BCUT2D eigenvalue weighted by Gasteiger charge is -2.37. The van der Waals surface area contributed by atoms with Crippen molar-refractivity contribution in [1.29, 1.82) is 0 Å². The third kappa shape index (κ3) is 5.97. The maximum atomic E-state index is 15.3. The number of hydrogen-bond acceptors (Lipinski definition) is 7. The average Bonchev–Trinajstić information content (AvgIpc) is 2.89. The van der Waals surface area contributed by atoms with E-state index in [1.807, 2.05) is 26.0 Å². The van der Waals surface area contributed by atoms with E-state index in [0.717, 1.165) is 5.56 Å². The summed E-state index contributed by atoms with van der Waals surface area (Å²) in [5.74, 6) is -1.46. The molecule has 2 aliphatic rings. The number of hydrogen-bond donors (Lipinski definition) is 1. The van der Waals surface area contributed by atoms with Crippen molar-refractivity contribution >= 4 is 23.4 Å². The molecule has 0 saturated carbocycles. The number of esters is 1. The fraction of sp³-hybridized carbons (Fsp3) is 0.400. The highest BCUT2D eigenvalue weighted by Crippen LogP contribution is 2.48. The van der Waals surface area contributed by atoms with Gasteiger partial charge in [-0.1, -0.05) is 23.7 Å². The van der Waals surface area contributed by atoms with E-state index in [4.69, 9.17) is 30.5 Å². The minimum atomic E-state index is -1.01. The van der Waals surface area contributed by atoms with E-state index in [0.29, 0.717) is 34.9 Å². The van der Waals surface area contributed by atoms with E-state index in [1.165, 1.54) is 12.1 Å². The Kier molecular flexibility index (Phi) is 8.97. The summed E-state index contributed by atoms with van der Waals surface area (Å²) in [6.45, 7) is 5.72. The lowest BCUT2D eigenvalue weighted by Crippen LogP contribution is -2.36. The van der Waals surface area contributed by atoms with E-state index in [-0.39, 0.29) is 53.6 Å². The van der Waals surface area contributed by atoms with Crippen molar-refractivity contribution < 1.29 is 32.9 Å². The molecule has 1 aliphatic carbocycles. The van der Waals surface area contributed by atoms with E-state index in [9.17, 15) is 9.59 Å². The molecule has 39 heavy (non-hydrogen) atoms. The molecule has 0 aromatic heterocycles. The maximum Gasteiger partial charge on any atom is 0.336 e. The van der Waals surface area contributed by atoms with Gasteiger partial charge in [0, 0.05) is 34.0 Å². The maximum absolute atomic E-state index is 15.3. The predicted molar refractivity (Wildman–Crippen MR) is 146 cm³/mol. The molecule has 0 fully saturated rings. The van der Waals surface area contributed by atoms with Crippen LogP contribution in [-0.4, -0.2) is 45.3 Å². The van der Waals surface area contributed by atoms with Gasteiger partial charge in [-0.05, 0) is 62.9 Å². The largest absolute Gasteiger partial charge is 0.493 e. The number of nitrogens with one attached hydrogen (secondary N) is 1. The SMILES string of the molecule is COc1ccc(C2CC(=O)C3=C(C2)NC(C)=C(C(=O)OCCOC(C)C)C3c2c(F)cccc2Cl)cc1OC. The van der Waals surface area contributed by atoms with Crippen molar-refractivity contribution in [1.82, 2.24) is 5.32 Å². The van der Waals surface area contributed by atoms with Crippen molar-refractivity contribution in [3.63, 3.8) is 0 Å². The molecule has 2 aromatic carbocycles. The number of dihydropyridines is 1. The van der Waals surface area contributed by atoms with Crippen LogP contribution in [0.3, 0.4) is 0 Å². The van der Waals surface area contributed by atoms with Gasteiger partial charge in [0.2, 0.25) is 0 Å². The van der Waals surface area contributed by atoms with Gasteiger partial charge < -0.3 is 24.3 Å². The minimum absolute atomic E-state index is 0.0165. The molecule has 2 unspecified atom stereocenters. The van der Waals surface area contributed by atoms with Crippen LogP contribution in [0.5, 0.6) is 11.5 Å². The second-order valence-corrected chi connectivity index (χ2v) is 10.2. The Labute approximate surface area is 232 Å². The summed E-state index contributed by atoms with van der Waals surface area (Å²) in [5.41, 5.74) is 2.58. The van der Waals surface area contributed by atoms with Crippen molar-refractivity contribution in [2.24, 2.45) is 0 Å². The van der Waals surface area contributed by atoms with Gasteiger partial charge in [0.05, 0.1) is 38.4 Å². The van der Waals surface area contributed by atoms with Gasteiger partial charge >= 0.3 is 5.97 Å². The third-order valence-electron chi connectivity index (χ3n) is 6.98. The Morgan fingerprint density at radius 3 is 2.51 bits per heavy atom. The standard InChI is InChI=1S/C30H33ClFNO6/c1-16(2)38-11-12-39-30(35)26-17(3)33-22-13-19(18-9-10-24(36-4)25(15-18)37-5)14-23(34)28(22)29(26)27-20(31)7-6-8-21(27)32/h6-10,15-16,19,29,33H,11-14H2,1-5H3. The number of halogens is 2. The first-order valence-corrected chi connectivity index (χ1v) is 13.2. The summed E-state index contributed by atoms with van der Waals surface area (Å²) in [6.07, 6.45) is 0.626. The number of carbonyl (C=O) groups excluding carboxylic acids is 2. The van der Waals surface area contributed by atoms with E-state index >= 15 is 4.39 Å². The molecule has 1 N–H and O–H groups in total. The number of methoxy groups -OCH3 is 2. The van der Waals surface area contributed by atoms with Crippen LogP contribution in [0, 0.1) is 5.82 Å². The molecule has 0 bridgehead atoms. The monoisotopic (exact) mass is 557 g/mol. The van der Waals surface area contributed by atoms with Crippen molar-refractivity contribution in [2.45, 2.75) is 51.6 Å². The van der Waals surface area contributed by atoms with Crippen molar-refractivity contribution in [3.05, 3.63) is 80.9 Å². The highest BCUT2D eigenvalue weighted by molar-refractivity contribution is 6.31. The van der Waals surface area contributed by atoms with E-state index < -0.39 is 17.7 Å². The Bertz CT molecular complexity index is 1310. The molecule has 0 radical (unpaired) electrons. The summed E-state index contributed by atoms with van der Waals surface area (Å²) in [4.78, 5) is 27.1. The molecule has 2 aromatic rings. The number of ether oxygens (including phenoxy) is 4. The molecular formula is C30H33ClFNO6. The Hall–Kier alpha value is -3.36. The topological polar surface area (TPSA) is 83.1 Å². The lowest BCUT2D eigenvalue weighted by molar-refractivity contribution is -0.141. The van der Waals surface area contributed by atoms with Gasteiger partial charge in [-0.15, -0.1) is 0 Å². The fourth-order valence-electron chi connectivity index (χ4n) is 5.22. The summed E-state index contributed by atoms with van der Waals surface area (Å²) in [6, 6.07) is 9.89. The first-order chi connectivity index (χ1) is 18.7. The molecule has 0 saturated heterocycles. The summed E-state index contributed by atoms with van der Waals surface area (Å²) in [5, 5.41) is 3.39. The third-order valence-corrected chi connectivity index (χ3v) is 7.31. The van der Waals surface area contributed by atoms with Crippen molar-refractivity contribution in [3.8, 4) is 11.5 Å². The first-order valence-electron chi connectivity index (χ1n) is 12.8. The van der Waals surface area contributed by atoms with Gasteiger partial charge in [-0.2, -0.15) is 0 Å². The molecular weight excluding hydrogens is 525 g/mol. The molecule has 1 aliphatic heterocycles. The Morgan fingerprint density at radius 2 is 1.85 bits per heavy atom. The first kappa shape index (κ1) is 28.6. The molecule has 4 rings (SSSR count). The molecule has 208 valence electrons. The number of ketones is 1. The van der Waals surface area contributed by atoms with E-state index in [2.05, 4.69) is 5.32 Å². The van der Waals surface area contributed by atoms with E-state index in [1.54, 1.807) is 33.3 Å². The molecule has 0 amide bonds. The number of rotatable bonds is 9. The second-order valence-electron chi connectivity index (χ2n) is 9.82. The van der Waals surface area contributed by atoms with Crippen LogP contribution in [0.1, 0.15) is 56.6 Å². The molecule has 0 spiro atoms. The minimum Gasteiger partial charge on any atom is -0.493 e. The summed E-state index contributed by atoms with van der Waals surface area (Å²) < 4.78 is 37.1. The number of benzene rings is 2. The van der Waals surface area contributed by atoms with Crippen LogP contribution < -0.4 is 14.8 Å². The van der Waals surface area contributed by atoms with Crippen LogP contribution in [0.2, 0.25) is 5.02 Å². The van der Waals surface area contributed by atoms with Gasteiger partial charge in [-0.25, -0.2) is 9.18 Å². The van der Waals surface area contributed by atoms with Crippen LogP contribution in [0.4, 0.5) is 4.39 Å². The number of allylic oxidation sites excluding steroid dienone is 3. The van der Waals surface area contributed by atoms with Crippen LogP contribution in [0.25, 0.3) is 0 Å². The summed E-state index contributed by atoms with van der Waals surface area (Å²) in [7, 11) is 3.12. The fourth-order valence-corrected chi connectivity index (χ4v) is 5.50. The van der Waals surface area contributed by atoms with Gasteiger partial charge in [0.1, 0.15) is 12.4 Å². The van der Waals surface area contributed by atoms with Crippen LogP contribution in [0.15, 0.2) is 58.9 Å². The van der Waals surface area contributed by atoms with Gasteiger partial charge in [0.25, 0.3) is 0 Å². The van der Waals surface area contributed by atoms with Crippen LogP contribution >= 0.6 is 11.6 Å². The normalized spacial score (nSPS) is 19.1. The zero-order valence-corrected chi connectivity index (χ0v) is 23.5. The predicted octanol–water partition coefficient (Wildman–Crippen LogP) is 5.83. The summed E-state index contributed by atoms with van der Waals surface area (Å²) >= 11 is 6.49. The van der Waals surface area contributed by atoms with Crippen molar-refractivity contribution in [2.75, 3.05) is 27.4 Å². The zero-order valence-electron chi connectivity index (χ0n) is 22.7. The Morgan fingerprint density at radius 1 is 1.10 bits per heavy atom. The molecule has 1 heterocycles.